The SMILES string of the molecule is COc1cc(N(C)CCN(C)C)c(N)cc1Nc1nccc(-n2ccc3c(F)cccc32)n1. The molecule has 2 aromatic heterocycles. The lowest BCUT2D eigenvalue weighted by Crippen LogP contribution is -2.29. The van der Waals surface area contributed by atoms with Crippen LogP contribution in [0.3, 0.4) is 0 Å². The molecule has 0 saturated heterocycles. The molecular weight excluding hydrogens is 421 g/mol. The van der Waals surface area contributed by atoms with Crippen LogP contribution in [0.25, 0.3) is 16.7 Å². The highest BCUT2D eigenvalue weighted by atomic mass is 19.1. The van der Waals surface area contributed by atoms with Crippen LogP contribution in [0.5, 0.6) is 5.75 Å². The van der Waals surface area contributed by atoms with Crippen molar-refractivity contribution in [1.82, 2.24) is 19.4 Å². The van der Waals surface area contributed by atoms with Gasteiger partial charge in [0.1, 0.15) is 17.4 Å². The molecule has 0 radical (unpaired) electrons. The van der Waals surface area contributed by atoms with Crippen LogP contribution in [0.1, 0.15) is 0 Å². The smallest absolute Gasteiger partial charge is 0.229 e. The first-order valence-corrected chi connectivity index (χ1v) is 10.6. The fraction of sp³-hybridized carbons (Fsp3) is 0.250. The number of rotatable bonds is 8. The number of benzene rings is 2. The Morgan fingerprint density at radius 3 is 2.70 bits per heavy atom. The van der Waals surface area contributed by atoms with Crippen molar-refractivity contribution in [1.29, 1.82) is 0 Å². The average Bonchev–Trinajstić information content (AvgIpc) is 3.23. The van der Waals surface area contributed by atoms with Gasteiger partial charge in [-0.1, -0.05) is 6.07 Å². The van der Waals surface area contributed by atoms with Gasteiger partial charge in [-0.2, -0.15) is 4.98 Å². The van der Waals surface area contributed by atoms with Gasteiger partial charge in [0.25, 0.3) is 0 Å². The van der Waals surface area contributed by atoms with Crippen LogP contribution in [0.15, 0.2) is 54.9 Å². The Bertz CT molecular complexity index is 1270. The molecule has 0 amide bonds. The molecule has 0 aliphatic rings. The minimum Gasteiger partial charge on any atom is -0.494 e. The van der Waals surface area contributed by atoms with Crippen molar-refractivity contribution in [2.75, 3.05) is 57.3 Å². The van der Waals surface area contributed by atoms with Crippen LogP contribution in [0.2, 0.25) is 0 Å². The second kappa shape index (κ2) is 9.33. The Labute approximate surface area is 192 Å². The zero-order valence-electron chi connectivity index (χ0n) is 19.2. The summed E-state index contributed by atoms with van der Waals surface area (Å²) in [6.45, 7) is 1.72. The molecule has 0 saturated carbocycles. The van der Waals surface area contributed by atoms with Gasteiger partial charge in [0, 0.05) is 44.0 Å². The van der Waals surface area contributed by atoms with E-state index in [2.05, 4.69) is 25.1 Å². The third-order valence-electron chi connectivity index (χ3n) is 5.46. The fourth-order valence-corrected chi connectivity index (χ4v) is 3.65. The van der Waals surface area contributed by atoms with E-state index in [1.807, 2.05) is 43.9 Å². The van der Waals surface area contributed by atoms with Gasteiger partial charge >= 0.3 is 0 Å². The maximum Gasteiger partial charge on any atom is 0.229 e. The molecule has 0 aliphatic carbocycles. The van der Waals surface area contributed by atoms with Gasteiger partial charge in [-0.05, 0) is 44.4 Å². The van der Waals surface area contributed by atoms with E-state index in [0.717, 1.165) is 24.3 Å². The second-order valence-electron chi connectivity index (χ2n) is 8.06. The lowest BCUT2D eigenvalue weighted by Gasteiger charge is -2.24. The maximum atomic E-state index is 14.1. The maximum absolute atomic E-state index is 14.1. The van der Waals surface area contributed by atoms with Crippen LogP contribution < -0.4 is 20.7 Å². The van der Waals surface area contributed by atoms with E-state index in [1.54, 1.807) is 37.7 Å². The molecule has 0 aliphatic heterocycles. The summed E-state index contributed by atoms with van der Waals surface area (Å²) in [5.41, 5.74) is 9.24. The number of nitrogens with zero attached hydrogens (tertiary/aromatic N) is 5. The largest absolute Gasteiger partial charge is 0.494 e. The number of hydrogen-bond donors (Lipinski definition) is 2. The van der Waals surface area contributed by atoms with E-state index in [1.165, 1.54) is 6.07 Å². The first-order valence-electron chi connectivity index (χ1n) is 10.6. The number of methoxy groups -OCH3 is 1. The zero-order chi connectivity index (χ0) is 23.5. The Morgan fingerprint density at radius 1 is 1.12 bits per heavy atom. The molecule has 2 aromatic carbocycles. The van der Waals surface area contributed by atoms with Crippen molar-refractivity contribution in [3.8, 4) is 11.6 Å². The lowest BCUT2D eigenvalue weighted by molar-refractivity contribution is 0.413. The molecule has 4 rings (SSSR count). The van der Waals surface area contributed by atoms with Gasteiger partial charge in [0.15, 0.2) is 0 Å². The predicted octanol–water partition coefficient (Wildman–Crippen LogP) is 3.89. The number of likely N-dealkylation sites (N-methyl/N-ethyl adjacent to an activating group) is 2. The van der Waals surface area contributed by atoms with Crippen molar-refractivity contribution < 1.29 is 9.13 Å². The summed E-state index contributed by atoms with van der Waals surface area (Å²) in [6.07, 6.45) is 3.44. The molecule has 2 heterocycles. The quantitative estimate of drug-likeness (QED) is 0.395. The van der Waals surface area contributed by atoms with Crippen molar-refractivity contribution in [3.63, 3.8) is 0 Å². The summed E-state index contributed by atoms with van der Waals surface area (Å²) in [5.74, 6) is 1.34. The molecule has 0 bridgehead atoms. The highest BCUT2D eigenvalue weighted by Gasteiger charge is 2.14. The summed E-state index contributed by atoms with van der Waals surface area (Å²) in [6, 6.07) is 12.2. The highest BCUT2D eigenvalue weighted by Crippen LogP contribution is 2.36. The molecule has 33 heavy (non-hydrogen) atoms. The van der Waals surface area contributed by atoms with Gasteiger partial charge in [-0.3, -0.25) is 0 Å². The van der Waals surface area contributed by atoms with Crippen LogP contribution in [0, 0.1) is 5.82 Å². The first kappa shape index (κ1) is 22.3. The van der Waals surface area contributed by atoms with Crippen molar-refractivity contribution in [3.05, 3.63) is 60.7 Å². The average molecular weight is 450 g/mol. The minimum absolute atomic E-state index is 0.269. The monoisotopic (exact) mass is 449 g/mol. The van der Waals surface area contributed by atoms with E-state index < -0.39 is 0 Å². The Balaban J connectivity index is 1.63. The first-order chi connectivity index (χ1) is 15.9. The Morgan fingerprint density at radius 2 is 1.94 bits per heavy atom. The molecule has 172 valence electrons. The van der Waals surface area contributed by atoms with Crippen LogP contribution in [0.4, 0.5) is 27.4 Å². The van der Waals surface area contributed by atoms with E-state index >= 15 is 0 Å². The number of halogens is 1. The van der Waals surface area contributed by atoms with E-state index in [4.69, 9.17) is 10.5 Å². The van der Waals surface area contributed by atoms with Gasteiger partial charge in [0.2, 0.25) is 5.95 Å². The lowest BCUT2D eigenvalue weighted by atomic mass is 10.2. The summed E-state index contributed by atoms with van der Waals surface area (Å²) in [5, 5.41) is 3.74. The van der Waals surface area contributed by atoms with E-state index in [-0.39, 0.29) is 5.82 Å². The number of nitrogen functional groups attached to an aromatic ring is 1. The van der Waals surface area contributed by atoms with E-state index in [0.29, 0.717) is 34.3 Å². The molecule has 3 N–H and O–H groups in total. The third-order valence-corrected chi connectivity index (χ3v) is 5.46. The second-order valence-corrected chi connectivity index (χ2v) is 8.06. The summed E-state index contributed by atoms with van der Waals surface area (Å²) in [4.78, 5) is 13.1. The fourth-order valence-electron chi connectivity index (χ4n) is 3.65. The number of nitrogens with one attached hydrogen (secondary N) is 1. The molecule has 0 spiro atoms. The zero-order valence-corrected chi connectivity index (χ0v) is 19.2. The summed E-state index contributed by atoms with van der Waals surface area (Å²) >= 11 is 0. The topological polar surface area (TPSA) is 84.5 Å². The van der Waals surface area contributed by atoms with Gasteiger partial charge in [-0.15, -0.1) is 0 Å². The summed E-state index contributed by atoms with van der Waals surface area (Å²) in [7, 11) is 7.68. The van der Waals surface area contributed by atoms with Crippen molar-refractivity contribution in [2.24, 2.45) is 0 Å². The third kappa shape index (κ3) is 4.68. The number of ether oxygens (including phenoxy) is 1. The number of aromatic nitrogens is 3. The standard InChI is InChI=1S/C24H28FN7O/c1-30(2)12-13-31(3)21-15-22(33-4)19(14-18(21)26)28-24-27-10-8-23(29-24)32-11-9-16-17(25)6-5-7-20(16)32/h5-11,14-15H,12-13,26H2,1-4H3,(H,27,28,29). The normalized spacial score (nSPS) is 11.2. The number of hydrogen-bond acceptors (Lipinski definition) is 7. The predicted molar refractivity (Wildman–Crippen MR) is 131 cm³/mol. The molecule has 0 unspecified atom stereocenters. The van der Waals surface area contributed by atoms with E-state index in [9.17, 15) is 4.39 Å². The molecular formula is C24H28FN7O. The van der Waals surface area contributed by atoms with Crippen molar-refractivity contribution >= 4 is 33.9 Å². The summed E-state index contributed by atoms with van der Waals surface area (Å²) < 4.78 is 21.5. The van der Waals surface area contributed by atoms with Gasteiger partial charge in [-0.25, -0.2) is 9.37 Å². The molecule has 0 atom stereocenters. The number of fused-ring (bicyclic) bond motifs is 1. The van der Waals surface area contributed by atoms with Crippen LogP contribution in [-0.4, -0.2) is 60.8 Å². The van der Waals surface area contributed by atoms with Crippen LogP contribution in [-0.2, 0) is 0 Å². The van der Waals surface area contributed by atoms with Crippen molar-refractivity contribution in [2.45, 2.75) is 0 Å². The molecule has 0 fully saturated rings. The highest BCUT2D eigenvalue weighted by molar-refractivity contribution is 5.82. The number of anilines is 4. The van der Waals surface area contributed by atoms with Crippen LogP contribution >= 0.6 is 0 Å². The molecule has 9 heteroatoms. The Kier molecular flexibility index (Phi) is 6.32. The molecule has 4 aromatic rings. The van der Waals surface area contributed by atoms with Gasteiger partial charge in [0.05, 0.1) is 29.7 Å². The van der Waals surface area contributed by atoms with Gasteiger partial charge < -0.3 is 30.2 Å². The Hall–Kier alpha value is -3.85. The minimum atomic E-state index is -0.269. The number of nitrogens with two attached hydrogens (primary N) is 1. The molecule has 8 nitrogen and oxygen atoms in total.